The van der Waals surface area contributed by atoms with Crippen LogP contribution in [-0.4, -0.2) is 61.7 Å². The van der Waals surface area contributed by atoms with E-state index in [0.717, 1.165) is 25.2 Å². The minimum Gasteiger partial charge on any atom is -0.504 e. The molecule has 0 radical (unpaired) electrons. The van der Waals surface area contributed by atoms with Crippen LogP contribution >= 0.6 is 0 Å². The number of nitrogens with one attached hydrogen (secondary N) is 3. The van der Waals surface area contributed by atoms with E-state index in [1.54, 1.807) is 36.4 Å². The first-order valence-electron chi connectivity index (χ1n) is 11.5. The van der Waals surface area contributed by atoms with Crippen LogP contribution in [0.3, 0.4) is 0 Å². The highest BCUT2D eigenvalue weighted by molar-refractivity contribution is 5.97. The van der Waals surface area contributed by atoms with E-state index in [2.05, 4.69) is 20.9 Å². The van der Waals surface area contributed by atoms with Crippen LogP contribution in [0.4, 0.5) is 5.69 Å². The van der Waals surface area contributed by atoms with Crippen molar-refractivity contribution in [1.82, 2.24) is 15.5 Å². The number of nitrogens with zero attached hydrogens (tertiary/aromatic N) is 1. The third-order valence-electron chi connectivity index (χ3n) is 5.67. The van der Waals surface area contributed by atoms with Gasteiger partial charge in [0.25, 0.3) is 5.91 Å². The smallest absolute Gasteiger partial charge is 0.251 e. The molecular weight excluding hydrogens is 420 g/mol. The second-order valence-corrected chi connectivity index (χ2v) is 8.22. The van der Waals surface area contributed by atoms with Crippen LogP contribution in [0.2, 0.25) is 0 Å². The number of likely N-dealkylation sites (tertiary alicyclic amines) is 1. The van der Waals surface area contributed by atoms with Gasteiger partial charge in [-0.1, -0.05) is 18.6 Å². The number of anilines is 1. The second kappa shape index (κ2) is 12.8. The molecule has 8 heteroatoms. The number of phenols is 1. The fourth-order valence-electron chi connectivity index (χ4n) is 3.84. The molecule has 1 aliphatic rings. The number of amides is 2. The SMILES string of the molecule is COc1cc(CNCCNC(=O)c2cccc(NC(=O)CCN3CCCCC3)c2)ccc1O. The Bertz CT molecular complexity index is 928. The van der Waals surface area contributed by atoms with E-state index in [0.29, 0.717) is 43.1 Å². The second-order valence-electron chi connectivity index (χ2n) is 8.22. The summed E-state index contributed by atoms with van der Waals surface area (Å²) in [7, 11) is 1.51. The average Bonchev–Trinajstić information content (AvgIpc) is 2.84. The molecule has 2 aromatic rings. The number of hydrogen-bond acceptors (Lipinski definition) is 6. The van der Waals surface area contributed by atoms with Crippen molar-refractivity contribution in [2.45, 2.75) is 32.2 Å². The monoisotopic (exact) mass is 454 g/mol. The lowest BCUT2D eigenvalue weighted by atomic mass is 10.1. The molecule has 2 aromatic carbocycles. The Kier molecular flexibility index (Phi) is 9.53. The van der Waals surface area contributed by atoms with E-state index in [-0.39, 0.29) is 17.6 Å². The van der Waals surface area contributed by atoms with Gasteiger partial charge in [-0.2, -0.15) is 0 Å². The van der Waals surface area contributed by atoms with Crippen LogP contribution in [-0.2, 0) is 11.3 Å². The molecule has 178 valence electrons. The quantitative estimate of drug-likeness (QED) is 0.390. The van der Waals surface area contributed by atoms with Crippen LogP contribution in [0.15, 0.2) is 42.5 Å². The molecule has 8 nitrogen and oxygen atoms in total. The first-order chi connectivity index (χ1) is 16.0. The van der Waals surface area contributed by atoms with E-state index in [9.17, 15) is 14.7 Å². The molecule has 1 saturated heterocycles. The fraction of sp³-hybridized carbons (Fsp3) is 0.440. The molecular formula is C25H34N4O4. The molecule has 0 aromatic heterocycles. The molecule has 0 bridgehead atoms. The first kappa shape index (κ1) is 24.5. The molecule has 33 heavy (non-hydrogen) atoms. The summed E-state index contributed by atoms with van der Waals surface area (Å²) in [5, 5.41) is 18.7. The maximum Gasteiger partial charge on any atom is 0.251 e. The number of phenolic OH excluding ortho intramolecular Hbond substituents is 1. The molecule has 0 atom stereocenters. The van der Waals surface area contributed by atoms with E-state index >= 15 is 0 Å². The van der Waals surface area contributed by atoms with Crippen molar-refractivity contribution in [1.29, 1.82) is 0 Å². The number of carbonyl (C=O) groups is 2. The molecule has 4 N–H and O–H groups in total. The van der Waals surface area contributed by atoms with Crippen LogP contribution in [0.25, 0.3) is 0 Å². The Labute approximate surface area is 195 Å². The van der Waals surface area contributed by atoms with Gasteiger partial charge in [-0.25, -0.2) is 0 Å². The number of benzene rings is 2. The highest BCUT2D eigenvalue weighted by Crippen LogP contribution is 2.26. The van der Waals surface area contributed by atoms with Crippen molar-refractivity contribution >= 4 is 17.5 Å². The van der Waals surface area contributed by atoms with Gasteiger partial charge < -0.3 is 30.7 Å². The van der Waals surface area contributed by atoms with Gasteiger partial charge in [0.2, 0.25) is 5.91 Å². The lowest BCUT2D eigenvalue weighted by molar-refractivity contribution is -0.116. The van der Waals surface area contributed by atoms with Crippen molar-refractivity contribution in [3.8, 4) is 11.5 Å². The van der Waals surface area contributed by atoms with Gasteiger partial charge >= 0.3 is 0 Å². The summed E-state index contributed by atoms with van der Waals surface area (Å²) < 4.78 is 5.11. The van der Waals surface area contributed by atoms with Gasteiger partial charge in [-0.15, -0.1) is 0 Å². The molecule has 2 amide bonds. The Balaban J connectivity index is 1.37. The highest BCUT2D eigenvalue weighted by atomic mass is 16.5. The van der Waals surface area contributed by atoms with E-state index in [1.165, 1.54) is 26.4 Å². The highest BCUT2D eigenvalue weighted by Gasteiger charge is 2.12. The van der Waals surface area contributed by atoms with Crippen LogP contribution in [0.1, 0.15) is 41.6 Å². The molecule has 0 spiro atoms. The first-order valence-corrected chi connectivity index (χ1v) is 11.5. The average molecular weight is 455 g/mol. The number of aromatic hydroxyl groups is 1. The largest absolute Gasteiger partial charge is 0.504 e. The van der Waals surface area contributed by atoms with E-state index in [4.69, 9.17) is 4.74 Å². The Hall–Kier alpha value is -3.10. The summed E-state index contributed by atoms with van der Waals surface area (Å²) in [6.07, 6.45) is 4.15. The molecule has 0 unspecified atom stereocenters. The predicted octanol–water partition coefficient (Wildman–Crippen LogP) is 2.73. The van der Waals surface area contributed by atoms with Crippen molar-refractivity contribution in [3.63, 3.8) is 0 Å². The number of hydrogen-bond donors (Lipinski definition) is 4. The van der Waals surface area contributed by atoms with Gasteiger partial charge in [0.15, 0.2) is 11.5 Å². The Morgan fingerprint density at radius 1 is 1.06 bits per heavy atom. The molecule has 3 rings (SSSR count). The third-order valence-corrected chi connectivity index (χ3v) is 5.67. The molecule has 1 heterocycles. The summed E-state index contributed by atoms with van der Waals surface area (Å²) in [4.78, 5) is 27.1. The lowest BCUT2D eigenvalue weighted by Crippen LogP contribution is -2.32. The zero-order valence-corrected chi connectivity index (χ0v) is 19.2. The van der Waals surface area contributed by atoms with Gasteiger partial charge in [-0.05, 0) is 61.8 Å². The third kappa shape index (κ3) is 8.07. The minimum atomic E-state index is -0.187. The number of piperidine rings is 1. The maximum absolute atomic E-state index is 12.5. The maximum atomic E-state index is 12.5. The zero-order valence-electron chi connectivity index (χ0n) is 19.2. The molecule has 0 saturated carbocycles. The molecule has 0 aliphatic carbocycles. The predicted molar refractivity (Wildman–Crippen MR) is 129 cm³/mol. The summed E-state index contributed by atoms with van der Waals surface area (Å²) in [6.45, 7) is 4.55. The number of rotatable bonds is 11. The van der Waals surface area contributed by atoms with Crippen molar-refractivity contribution in [3.05, 3.63) is 53.6 Å². The van der Waals surface area contributed by atoms with Gasteiger partial charge in [-0.3, -0.25) is 9.59 Å². The van der Waals surface area contributed by atoms with Crippen LogP contribution in [0.5, 0.6) is 11.5 Å². The summed E-state index contributed by atoms with van der Waals surface area (Å²) >= 11 is 0. The Morgan fingerprint density at radius 2 is 1.88 bits per heavy atom. The fourth-order valence-corrected chi connectivity index (χ4v) is 3.84. The summed E-state index contributed by atoms with van der Waals surface area (Å²) in [5.74, 6) is 0.315. The molecule has 1 fully saturated rings. The summed E-state index contributed by atoms with van der Waals surface area (Å²) in [5.41, 5.74) is 2.11. The normalized spacial score (nSPS) is 14.0. The number of methoxy groups -OCH3 is 1. The number of carbonyl (C=O) groups excluding carboxylic acids is 2. The Morgan fingerprint density at radius 3 is 2.67 bits per heavy atom. The van der Waals surface area contributed by atoms with Crippen molar-refractivity contribution in [2.24, 2.45) is 0 Å². The van der Waals surface area contributed by atoms with E-state index in [1.807, 2.05) is 6.07 Å². The van der Waals surface area contributed by atoms with Gasteiger partial charge in [0.1, 0.15) is 0 Å². The van der Waals surface area contributed by atoms with Crippen molar-refractivity contribution in [2.75, 3.05) is 45.2 Å². The zero-order chi connectivity index (χ0) is 23.5. The van der Waals surface area contributed by atoms with Crippen LogP contribution in [0, 0.1) is 0 Å². The van der Waals surface area contributed by atoms with E-state index < -0.39 is 0 Å². The van der Waals surface area contributed by atoms with Crippen molar-refractivity contribution < 1.29 is 19.4 Å². The lowest BCUT2D eigenvalue weighted by Gasteiger charge is -2.25. The van der Waals surface area contributed by atoms with Gasteiger partial charge in [0, 0.05) is 43.9 Å². The topological polar surface area (TPSA) is 103 Å². The summed E-state index contributed by atoms with van der Waals surface area (Å²) in [6, 6.07) is 12.2. The standard InChI is InChI=1S/C25H34N4O4/c1-33-23-16-19(8-9-22(23)30)18-26-11-12-27-25(32)20-6-5-7-21(17-20)28-24(31)10-15-29-13-3-2-4-14-29/h5-9,16-17,26,30H,2-4,10-15,18H2,1H3,(H,27,32)(H,28,31). The molecule has 1 aliphatic heterocycles. The number of ether oxygens (including phenoxy) is 1. The van der Waals surface area contributed by atoms with Crippen LogP contribution < -0.4 is 20.7 Å². The minimum absolute atomic E-state index is 0.0341. The van der Waals surface area contributed by atoms with Gasteiger partial charge in [0.05, 0.1) is 7.11 Å².